The number of carbonyl (C=O) groups is 1. The summed E-state index contributed by atoms with van der Waals surface area (Å²) in [5.41, 5.74) is 2.12. The molecular weight excluding hydrogens is 294 g/mol. The molecule has 120 valence electrons. The fraction of sp³-hybridized carbons (Fsp3) is 0.438. The molecular formula is C16H19N5O2. The minimum atomic E-state index is -0.331. The van der Waals surface area contributed by atoms with Gasteiger partial charge in [0.1, 0.15) is 0 Å². The van der Waals surface area contributed by atoms with E-state index in [-0.39, 0.29) is 5.97 Å². The first-order chi connectivity index (χ1) is 11.2. The van der Waals surface area contributed by atoms with E-state index in [1.165, 1.54) is 25.7 Å². The summed E-state index contributed by atoms with van der Waals surface area (Å²) in [5.74, 6) is 1.01. The van der Waals surface area contributed by atoms with Crippen LogP contribution in [0.3, 0.4) is 0 Å². The van der Waals surface area contributed by atoms with Crippen LogP contribution >= 0.6 is 0 Å². The molecule has 0 saturated heterocycles. The van der Waals surface area contributed by atoms with Crippen molar-refractivity contribution in [1.29, 1.82) is 0 Å². The van der Waals surface area contributed by atoms with Crippen LogP contribution in [0.4, 0.5) is 5.95 Å². The molecule has 1 saturated carbocycles. The Morgan fingerprint density at radius 3 is 3.00 bits per heavy atom. The average molecular weight is 313 g/mol. The number of hydrogen-bond donors (Lipinski definition) is 2. The second kappa shape index (κ2) is 5.57. The summed E-state index contributed by atoms with van der Waals surface area (Å²) in [6, 6.07) is 5.84. The fourth-order valence-corrected chi connectivity index (χ4v) is 3.15. The molecule has 0 radical (unpaired) electrons. The highest BCUT2D eigenvalue weighted by atomic mass is 16.5. The van der Waals surface area contributed by atoms with Gasteiger partial charge in [-0.05, 0) is 38.0 Å². The van der Waals surface area contributed by atoms with Crippen molar-refractivity contribution in [1.82, 2.24) is 19.6 Å². The van der Waals surface area contributed by atoms with Gasteiger partial charge in [-0.1, -0.05) is 12.8 Å². The number of aromatic nitrogens is 4. The Morgan fingerprint density at radius 2 is 2.22 bits per heavy atom. The highest BCUT2D eigenvalue weighted by Crippen LogP contribution is 2.22. The van der Waals surface area contributed by atoms with Gasteiger partial charge in [0, 0.05) is 6.04 Å². The van der Waals surface area contributed by atoms with Crippen LogP contribution in [0.25, 0.3) is 16.8 Å². The predicted octanol–water partition coefficient (Wildman–Crippen LogP) is 2.74. The molecule has 0 unspecified atom stereocenters. The molecule has 1 fully saturated rings. The topological polar surface area (TPSA) is 84.3 Å². The number of rotatable bonds is 4. The summed E-state index contributed by atoms with van der Waals surface area (Å²) in [6.07, 6.45) is 4.92. The van der Waals surface area contributed by atoms with E-state index in [0.29, 0.717) is 24.0 Å². The van der Waals surface area contributed by atoms with Crippen LogP contribution in [-0.4, -0.2) is 38.2 Å². The van der Waals surface area contributed by atoms with Gasteiger partial charge >= 0.3 is 5.97 Å². The summed E-state index contributed by atoms with van der Waals surface area (Å²) in [6.45, 7) is 2.15. The van der Waals surface area contributed by atoms with E-state index >= 15 is 0 Å². The average Bonchev–Trinajstić information content (AvgIpc) is 3.23. The first-order valence-corrected chi connectivity index (χ1v) is 8.06. The van der Waals surface area contributed by atoms with Gasteiger partial charge in [-0.15, -0.1) is 0 Å². The second-order valence-corrected chi connectivity index (χ2v) is 5.87. The maximum atomic E-state index is 11.8. The van der Waals surface area contributed by atoms with Crippen LogP contribution in [0.15, 0.2) is 18.2 Å². The molecule has 0 atom stereocenters. The third-order valence-corrected chi connectivity index (χ3v) is 4.27. The predicted molar refractivity (Wildman–Crippen MR) is 86.7 cm³/mol. The smallest absolute Gasteiger partial charge is 0.338 e. The lowest BCUT2D eigenvalue weighted by Gasteiger charge is -2.09. The summed E-state index contributed by atoms with van der Waals surface area (Å²) in [7, 11) is 0. The number of nitrogens with one attached hydrogen (secondary N) is 2. The minimum absolute atomic E-state index is 0.331. The standard InChI is InChI=1S/C16H19N5O2/c1-2-23-14(22)10-7-8-13-12(9-10)18-16-19-15(20-21(13)16)17-11-5-3-4-6-11/h7-9,11H,2-6H2,1H3,(H2,17,18,19,20). The zero-order valence-electron chi connectivity index (χ0n) is 13.0. The zero-order chi connectivity index (χ0) is 15.8. The number of hydrogen-bond acceptors (Lipinski definition) is 5. The van der Waals surface area contributed by atoms with E-state index < -0.39 is 0 Å². The number of H-pyrrole nitrogens is 1. The Bertz CT molecular complexity index is 860. The van der Waals surface area contributed by atoms with Crippen molar-refractivity contribution < 1.29 is 9.53 Å². The normalized spacial score (nSPS) is 15.5. The molecule has 2 N–H and O–H groups in total. The molecule has 0 bridgehead atoms. The maximum Gasteiger partial charge on any atom is 0.338 e. The van der Waals surface area contributed by atoms with Gasteiger partial charge in [0.15, 0.2) is 0 Å². The summed E-state index contributed by atoms with van der Waals surface area (Å²) in [5, 5.41) is 6.66. The highest BCUT2D eigenvalue weighted by molar-refractivity contribution is 5.94. The van der Waals surface area contributed by atoms with Gasteiger partial charge in [-0.25, -0.2) is 14.3 Å². The molecule has 1 aliphatic carbocycles. The summed E-state index contributed by atoms with van der Waals surface area (Å²) in [4.78, 5) is 20.8. The molecule has 1 aliphatic rings. The van der Waals surface area contributed by atoms with E-state index in [1.54, 1.807) is 19.1 Å². The van der Waals surface area contributed by atoms with Crippen molar-refractivity contribution in [3.8, 4) is 0 Å². The number of anilines is 1. The number of ether oxygens (including phenoxy) is 1. The second-order valence-electron chi connectivity index (χ2n) is 5.87. The van der Waals surface area contributed by atoms with Crippen LogP contribution in [0, 0.1) is 0 Å². The number of imidazole rings is 1. The first-order valence-electron chi connectivity index (χ1n) is 8.06. The summed E-state index contributed by atoms with van der Waals surface area (Å²) >= 11 is 0. The Morgan fingerprint density at radius 1 is 1.39 bits per heavy atom. The Kier molecular flexibility index (Phi) is 3.40. The molecule has 3 aromatic rings. The Labute approximate surface area is 133 Å². The Balaban J connectivity index is 1.66. The largest absolute Gasteiger partial charge is 0.462 e. The number of fused-ring (bicyclic) bond motifs is 3. The minimum Gasteiger partial charge on any atom is -0.462 e. The first kappa shape index (κ1) is 14.0. The molecule has 0 amide bonds. The van der Waals surface area contributed by atoms with E-state index in [0.717, 1.165) is 17.0 Å². The Hall–Kier alpha value is -2.57. The molecule has 7 nitrogen and oxygen atoms in total. The molecule has 1 aromatic carbocycles. The van der Waals surface area contributed by atoms with E-state index in [4.69, 9.17) is 4.74 Å². The van der Waals surface area contributed by atoms with Gasteiger partial charge in [-0.2, -0.15) is 4.98 Å². The van der Waals surface area contributed by atoms with Crippen molar-refractivity contribution in [3.63, 3.8) is 0 Å². The van der Waals surface area contributed by atoms with Crippen LogP contribution in [0.2, 0.25) is 0 Å². The quantitative estimate of drug-likeness (QED) is 0.724. The molecule has 0 aliphatic heterocycles. The van der Waals surface area contributed by atoms with E-state index in [1.807, 2.05) is 10.6 Å². The third kappa shape index (κ3) is 2.52. The molecule has 0 spiro atoms. The number of benzene rings is 1. The molecule has 4 rings (SSSR count). The monoisotopic (exact) mass is 313 g/mol. The van der Waals surface area contributed by atoms with Crippen molar-refractivity contribution >= 4 is 28.7 Å². The molecule has 7 heteroatoms. The van der Waals surface area contributed by atoms with Crippen LogP contribution in [0.5, 0.6) is 0 Å². The third-order valence-electron chi connectivity index (χ3n) is 4.27. The van der Waals surface area contributed by atoms with Crippen molar-refractivity contribution in [3.05, 3.63) is 23.8 Å². The van der Waals surface area contributed by atoms with E-state index in [2.05, 4.69) is 20.4 Å². The zero-order valence-corrected chi connectivity index (χ0v) is 13.0. The maximum absolute atomic E-state index is 11.8. The van der Waals surface area contributed by atoms with Gasteiger partial charge in [-0.3, -0.25) is 5.10 Å². The van der Waals surface area contributed by atoms with Crippen LogP contribution < -0.4 is 5.32 Å². The van der Waals surface area contributed by atoms with Crippen LogP contribution in [-0.2, 0) is 4.74 Å². The SMILES string of the molecule is CCOC(=O)c1ccc2c(c1)nc1nc(NC3CCCC3)[nH]n12. The van der Waals surface area contributed by atoms with Crippen molar-refractivity contribution in [2.75, 3.05) is 11.9 Å². The lowest BCUT2D eigenvalue weighted by Crippen LogP contribution is -2.15. The van der Waals surface area contributed by atoms with Gasteiger partial charge in [0.2, 0.25) is 5.95 Å². The van der Waals surface area contributed by atoms with Gasteiger partial charge in [0.25, 0.3) is 5.78 Å². The van der Waals surface area contributed by atoms with E-state index in [9.17, 15) is 4.79 Å². The number of esters is 1. The number of nitrogens with zero attached hydrogens (tertiary/aromatic N) is 3. The lowest BCUT2D eigenvalue weighted by molar-refractivity contribution is 0.0526. The van der Waals surface area contributed by atoms with Crippen LogP contribution in [0.1, 0.15) is 43.0 Å². The molecule has 2 aromatic heterocycles. The highest BCUT2D eigenvalue weighted by Gasteiger charge is 2.17. The fourth-order valence-electron chi connectivity index (χ4n) is 3.15. The van der Waals surface area contributed by atoms with Gasteiger partial charge in [0.05, 0.1) is 23.2 Å². The molecule has 23 heavy (non-hydrogen) atoms. The van der Waals surface area contributed by atoms with Crippen molar-refractivity contribution in [2.24, 2.45) is 0 Å². The van der Waals surface area contributed by atoms with Gasteiger partial charge < -0.3 is 10.1 Å². The summed E-state index contributed by atoms with van der Waals surface area (Å²) < 4.78 is 6.85. The number of carbonyl (C=O) groups excluding carboxylic acids is 1. The van der Waals surface area contributed by atoms with Crippen molar-refractivity contribution in [2.45, 2.75) is 38.6 Å². The lowest BCUT2D eigenvalue weighted by atomic mass is 10.2. The molecule has 2 heterocycles. The number of aromatic amines is 1.